The molecule has 2 rings (SSSR count). The third-order valence-corrected chi connectivity index (χ3v) is 1.60. The van der Waals surface area contributed by atoms with E-state index in [0.29, 0.717) is 11.1 Å². The van der Waals surface area contributed by atoms with Gasteiger partial charge in [0, 0.05) is 19.3 Å². The van der Waals surface area contributed by atoms with Crippen molar-refractivity contribution in [3.05, 3.63) is 49.5 Å². The van der Waals surface area contributed by atoms with Crippen LogP contribution in [0.4, 0.5) is 0 Å². The van der Waals surface area contributed by atoms with Crippen LogP contribution in [-0.2, 0) is 0 Å². The van der Waals surface area contributed by atoms with Crippen LogP contribution in [-0.4, -0.2) is 9.61 Å². The smallest absolute Gasteiger partial charge is 0.0664 e. The second kappa shape index (κ2) is 2.09. The van der Waals surface area contributed by atoms with Crippen LogP contribution >= 0.6 is 0 Å². The van der Waals surface area contributed by atoms with Crippen molar-refractivity contribution in [2.75, 3.05) is 0 Å². The SMILES string of the molecule is [CH]c1cc2ccnn2cc1[CH]. The molecule has 0 aromatic carbocycles. The van der Waals surface area contributed by atoms with Crippen LogP contribution in [0, 0.1) is 13.8 Å². The van der Waals surface area contributed by atoms with E-state index in [9.17, 15) is 0 Å². The Bertz CT molecular complexity index is 351. The summed E-state index contributed by atoms with van der Waals surface area (Å²) < 4.78 is 1.69. The van der Waals surface area contributed by atoms with E-state index in [1.54, 1.807) is 23.0 Å². The van der Waals surface area contributed by atoms with Gasteiger partial charge in [0.15, 0.2) is 0 Å². The van der Waals surface area contributed by atoms with Crippen LogP contribution in [0.15, 0.2) is 24.5 Å². The zero-order valence-electron chi connectivity index (χ0n) is 5.86. The number of hydrogen-bond acceptors (Lipinski definition) is 1. The van der Waals surface area contributed by atoms with Crippen LogP contribution in [0.25, 0.3) is 5.52 Å². The van der Waals surface area contributed by atoms with E-state index >= 15 is 0 Å². The molecule has 0 aliphatic heterocycles. The Kier molecular flexibility index (Phi) is 1.22. The first-order valence-corrected chi connectivity index (χ1v) is 3.26. The first kappa shape index (κ1) is 6.40. The summed E-state index contributed by atoms with van der Waals surface area (Å²) in [6, 6.07) is 3.66. The molecule has 0 spiro atoms. The highest BCUT2D eigenvalue weighted by atomic mass is 15.2. The number of nitrogens with zero attached hydrogens (tertiary/aromatic N) is 2. The highest BCUT2D eigenvalue weighted by Crippen LogP contribution is 2.09. The van der Waals surface area contributed by atoms with Gasteiger partial charge >= 0.3 is 0 Å². The average Bonchev–Trinajstić information content (AvgIpc) is 2.36. The van der Waals surface area contributed by atoms with E-state index in [1.165, 1.54) is 0 Å². The van der Waals surface area contributed by atoms with Gasteiger partial charge in [0.25, 0.3) is 0 Å². The van der Waals surface area contributed by atoms with Gasteiger partial charge in [-0.25, -0.2) is 4.52 Å². The summed E-state index contributed by atoms with van der Waals surface area (Å²) >= 11 is 0. The Morgan fingerprint density at radius 2 is 2.09 bits per heavy atom. The van der Waals surface area contributed by atoms with Gasteiger partial charge in [-0.05, 0) is 30.2 Å². The molecule has 2 heterocycles. The van der Waals surface area contributed by atoms with Gasteiger partial charge in [0.2, 0.25) is 0 Å². The highest BCUT2D eigenvalue weighted by molar-refractivity contribution is 5.51. The topological polar surface area (TPSA) is 17.3 Å². The summed E-state index contributed by atoms with van der Waals surface area (Å²) in [5.74, 6) is 0. The Labute approximate surface area is 65.5 Å². The highest BCUT2D eigenvalue weighted by Gasteiger charge is 1.96. The second-order valence-corrected chi connectivity index (χ2v) is 2.38. The van der Waals surface area contributed by atoms with Gasteiger partial charge in [-0.2, -0.15) is 5.10 Å². The molecule has 0 saturated heterocycles. The Morgan fingerprint density at radius 1 is 1.27 bits per heavy atom. The molecule has 0 bridgehead atoms. The predicted molar refractivity (Wildman–Crippen MR) is 42.0 cm³/mol. The van der Waals surface area contributed by atoms with Crippen molar-refractivity contribution in [3.63, 3.8) is 0 Å². The van der Waals surface area contributed by atoms with E-state index < -0.39 is 0 Å². The van der Waals surface area contributed by atoms with Crippen LogP contribution in [0.3, 0.4) is 0 Å². The minimum absolute atomic E-state index is 0.557. The number of pyridine rings is 1. The fraction of sp³-hybridized carbons (Fsp3) is 0. The molecule has 0 saturated carbocycles. The number of rotatable bonds is 0. The minimum atomic E-state index is 0.557. The largest absolute Gasteiger partial charge is 0.241 e. The number of aromatic nitrogens is 2. The molecule has 4 radical (unpaired) electrons. The summed E-state index contributed by atoms with van der Waals surface area (Å²) in [7, 11) is 0. The molecule has 0 aliphatic carbocycles. The molecule has 2 nitrogen and oxygen atoms in total. The molecule has 2 heteroatoms. The summed E-state index contributed by atoms with van der Waals surface area (Å²) in [5, 5.41) is 4.00. The molecule has 0 fully saturated rings. The Balaban J connectivity index is 2.86. The van der Waals surface area contributed by atoms with Gasteiger partial charge in [-0.15, -0.1) is 0 Å². The van der Waals surface area contributed by atoms with Gasteiger partial charge in [0.05, 0.1) is 5.52 Å². The molecule has 2 aromatic rings. The molecule has 0 aliphatic rings. The first-order valence-electron chi connectivity index (χ1n) is 3.26. The number of hydrogen-bond donors (Lipinski definition) is 0. The molecule has 0 atom stereocenters. The maximum absolute atomic E-state index is 5.58. The zero-order valence-corrected chi connectivity index (χ0v) is 5.86. The molecule has 2 aromatic heterocycles. The monoisotopic (exact) mass is 142 g/mol. The molecular formula is C9H6N2. The number of fused-ring (bicyclic) bond motifs is 1. The first-order chi connectivity index (χ1) is 5.27. The standard InChI is InChI=1S/C9H6N2/c1-7-5-9-3-4-10-11(9)6-8(7)2/h1-6H. The summed E-state index contributed by atoms with van der Waals surface area (Å²) in [5.41, 5.74) is 2.11. The van der Waals surface area contributed by atoms with Crippen molar-refractivity contribution in [1.82, 2.24) is 9.61 Å². The van der Waals surface area contributed by atoms with E-state index in [2.05, 4.69) is 5.10 Å². The molecule has 11 heavy (non-hydrogen) atoms. The summed E-state index contributed by atoms with van der Waals surface area (Å²) in [6.07, 6.45) is 3.40. The van der Waals surface area contributed by atoms with E-state index in [0.717, 1.165) is 5.52 Å². The molecule has 52 valence electrons. The second-order valence-electron chi connectivity index (χ2n) is 2.38. The molecule has 0 N–H and O–H groups in total. The van der Waals surface area contributed by atoms with Crippen LogP contribution in [0.1, 0.15) is 11.1 Å². The molecular weight excluding hydrogens is 136 g/mol. The molecule has 0 amide bonds. The lowest BCUT2D eigenvalue weighted by Crippen LogP contribution is -1.89. The van der Waals surface area contributed by atoms with Crippen LogP contribution in [0.5, 0.6) is 0 Å². The average molecular weight is 142 g/mol. The van der Waals surface area contributed by atoms with Crippen molar-refractivity contribution in [2.24, 2.45) is 0 Å². The maximum Gasteiger partial charge on any atom is 0.0664 e. The van der Waals surface area contributed by atoms with Crippen molar-refractivity contribution >= 4 is 5.52 Å². The van der Waals surface area contributed by atoms with E-state index in [4.69, 9.17) is 13.8 Å². The van der Waals surface area contributed by atoms with E-state index in [1.807, 2.05) is 6.07 Å². The third-order valence-electron chi connectivity index (χ3n) is 1.60. The lowest BCUT2D eigenvalue weighted by Gasteiger charge is -1.98. The normalized spacial score (nSPS) is 10.7. The fourth-order valence-corrected chi connectivity index (χ4v) is 0.996. The van der Waals surface area contributed by atoms with Crippen molar-refractivity contribution < 1.29 is 0 Å². The Hall–Kier alpha value is -1.31. The van der Waals surface area contributed by atoms with Gasteiger partial charge < -0.3 is 0 Å². The zero-order chi connectivity index (χ0) is 7.84. The van der Waals surface area contributed by atoms with Crippen LogP contribution < -0.4 is 0 Å². The fourth-order valence-electron chi connectivity index (χ4n) is 0.996. The maximum atomic E-state index is 5.58. The van der Waals surface area contributed by atoms with Gasteiger partial charge in [-0.3, -0.25) is 0 Å². The summed E-state index contributed by atoms with van der Waals surface area (Å²) in [6.45, 7) is 11.1. The Morgan fingerprint density at radius 3 is 2.91 bits per heavy atom. The van der Waals surface area contributed by atoms with Gasteiger partial charge in [-0.1, -0.05) is 0 Å². The van der Waals surface area contributed by atoms with Crippen molar-refractivity contribution in [1.29, 1.82) is 0 Å². The lowest BCUT2D eigenvalue weighted by molar-refractivity contribution is 0.955. The van der Waals surface area contributed by atoms with Crippen molar-refractivity contribution in [3.8, 4) is 0 Å². The summed E-state index contributed by atoms with van der Waals surface area (Å²) in [4.78, 5) is 0. The predicted octanol–water partition coefficient (Wildman–Crippen LogP) is 1.45. The third kappa shape index (κ3) is 0.909. The van der Waals surface area contributed by atoms with Gasteiger partial charge in [0.1, 0.15) is 0 Å². The van der Waals surface area contributed by atoms with Crippen molar-refractivity contribution in [2.45, 2.75) is 0 Å². The van der Waals surface area contributed by atoms with E-state index in [-0.39, 0.29) is 0 Å². The minimum Gasteiger partial charge on any atom is -0.241 e. The quantitative estimate of drug-likeness (QED) is 0.544. The molecule has 0 unspecified atom stereocenters. The van der Waals surface area contributed by atoms with Crippen LogP contribution in [0.2, 0.25) is 0 Å². The lowest BCUT2D eigenvalue weighted by atomic mass is 10.2.